The molecule has 1 amide bonds. The van der Waals surface area contributed by atoms with Gasteiger partial charge in [-0.15, -0.1) is 0 Å². The average Bonchev–Trinajstić information content (AvgIpc) is 2.59. The summed E-state index contributed by atoms with van der Waals surface area (Å²) in [6, 6.07) is 10.9. The number of nitrogens with one attached hydrogen (secondary N) is 1. The second-order valence-corrected chi connectivity index (χ2v) is 4.95. The van der Waals surface area contributed by atoms with Crippen molar-refractivity contribution in [3.8, 4) is 17.4 Å². The molecule has 6 heteroatoms. The predicted molar refractivity (Wildman–Crippen MR) is 87.4 cm³/mol. The van der Waals surface area contributed by atoms with Crippen LogP contribution in [0.15, 0.2) is 42.6 Å². The molecule has 6 nitrogen and oxygen atoms in total. The number of rotatable bonds is 8. The fourth-order valence-electron chi connectivity index (χ4n) is 1.91. The molecule has 1 aromatic carbocycles. The molecule has 0 aliphatic carbocycles. The molecule has 0 saturated carbocycles. The second-order valence-electron chi connectivity index (χ2n) is 4.95. The van der Waals surface area contributed by atoms with E-state index in [-0.39, 0.29) is 5.91 Å². The van der Waals surface area contributed by atoms with E-state index >= 15 is 0 Å². The summed E-state index contributed by atoms with van der Waals surface area (Å²) >= 11 is 0. The Labute approximate surface area is 135 Å². The zero-order valence-electron chi connectivity index (χ0n) is 13.1. The van der Waals surface area contributed by atoms with Crippen LogP contribution in [0, 0.1) is 0 Å². The van der Waals surface area contributed by atoms with Gasteiger partial charge in [0.2, 0.25) is 11.8 Å². The van der Waals surface area contributed by atoms with Gasteiger partial charge in [0, 0.05) is 31.3 Å². The first-order valence-corrected chi connectivity index (χ1v) is 7.45. The van der Waals surface area contributed by atoms with Crippen molar-refractivity contribution < 1.29 is 14.3 Å². The number of aromatic nitrogens is 1. The van der Waals surface area contributed by atoms with Gasteiger partial charge in [-0.1, -0.05) is 12.1 Å². The minimum atomic E-state index is -0.00726. The molecule has 0 atom stereocenters. The SMILES string of the molecule is COc1cccc(Oc2ccc(CNC(=O)CCCN)cn2)c1. The second kappa shape index (κ2) is 8.75. The molecule has 0 unspecified atom stereocenters. The van der Waals surface area contributed by atoms with Crippen molar-refractivity contribution in [3.05, 3.63) is 48.2 Å². The highest BCUT2D eigenvalue weighted by atomic mass is 16.5. The molecule has 3 N–H and O–H groups in total. The Hall–Kier alpha value is -2.60. The predicted octanol–water partition coefficient (Wildman–Crippen LogP) is 2.24. The summed E-state index contributed by atoms with van der Waals surface area (Å²) in [5.41, 5.74) is 6.28. The first-order chi connectivity index (χ1) is 11.2. The molecule has 122 valence electrons. The van der Waals surface area contributed by atoms with Gasteiger partial charge in [0.1, 0.15) is 11.5 Å². The summed E-state index contributed by atoms with van der Waals surface area (Å²) in [6.07, 6.45) is 2.82. The normalized spacial score (nSPS) is 10.2. The lowest BCUT2D eigenvalue weighted by molar-refractivity contribution is -0.121. The number of amides is 1. The van der Waals surface area contributed by atoms with Crippen LogP contribution < -0.4 is 20.5 Å². The molecule has 1 aromatic heterocycles. The van der Waals surface area contributed by atoms with Crippen LogP contribution in [-0.2, 0) is 11.3 Å². The topological polar surface area (TPSA) is 86.5 Å². The summed E-state index contributed by atoms with van der Waals surface area (Å²) in [7, 11) is 1.61. The van der Waals surface area contributed by atoms with E-state index < -0.39 is 0 Å². The molecular formula is C17H21N3O3. The van der Waals surface area contributed by atoms with Crippen LogP contribution in [0.4, 0.5) is 0 Å². The van der Waals surface area contributed by atoms with Crippen LogP contribution in [0.5, 0.6) is 17.4 Å². The van der Waals surface area contributed by atoms with Gasteiger partial charge in [-0.25, -0.2) is 4.98 Å². The summed E-state index contributed by atoms with van der Waals surface area (Å²) in [5, 5.41) is 2.83. The minimum absolute atomic E-state index is 0.00726. The van der Waals surface area contributed by atoms with Gasteiger partial charge in [-0.05, 0) is 30.7 Å². The van der Waals surface area contributed by atoms with E-state index in [4.69, 9.17) is 15.2 Å². The highest BCUT2D eigenvalue weighted by molar-refractivity contribution is 5.75. The van der Waals surface area contributed by atoms with Crippen LogP contribution in [0.2, 0.25) is 0 Å². The average molecular weight is 315 g/mol. The standard InChI is InChI=1S/C17H21N3O3/c1-22-14-4-2-5-15(10-14)23-17-8-7-13(12-20-17)11-19-16(21)6-3-9-18/h2,4-5,7-8,10,12H,3,6,9,11,18H2,1H3,(H,19,21). The Kier molecular flexibility index (Phi) is 6.38. The lowest BCUT2D eigenvalue weighted by Crippen LogP contribution is -2.23. The molecule has 0 fully saturated rings. The van der Waals surface area contributed by atoms with Crippen LogP contribution in [0.25, 0.3) is 0 Å². The molecule has 0 spiro atoms. The Morgan fingerprint density at radius 2 is 2.09 bits per heavy atom. The number of carbonyl (C=O) groups excluding carboxylic acids is 1. The third-order valence-electron chi connectivity index (χ3n) is 3.16. The van der Waals surface area contributed by atoms with Crippen molar-refractivity contribution in [2.24, 2.45) is 5.73 Å². The number of hydrogen-bond acceptors (Lipinski definition) is 5. The number of carbonyl (C=O) groups is 1. The highest BCUT2D eigenvalue weighted by Gasteiger charge is 2.03. The van der Waals surface area contributed by atoms with E-state index in [2.05, 4.69) is 10.3 Å². The molecule has 0 bridgehead atoms. The van der Waals surface area contributed by atoms with Crippen molar-refractivity contribution in [2.75, 3.05) is 13.7 Å². The van der Waals surface area contributed by atoms with Crippen LogP contribution in [0.3, 0.4) is 0 Å². The largest absolute Gasteiger partial charge is 0.497 e. The van der Waals surface area contributed by atoms with Crippen LogP contribution in [0.1, 0.15) is 18.4 Å². The third-order valence-corrected chi connectivity index (χ3v) is 3.16. The van der Waals surface area contributed by atoms with Gasteiger partial charge in [0.25, 0.3) is 0 Å². The molecule has 23 heavy (non-hydrogen) atoms. The molecule has 2 rings (SSSR count). The number of nitrogens with zero attached hydrogens (tertiary/aromatic N) is 1. The molecule has 2 aromatic rings. The Balaban J connectivity index is 1.87. The maximum atomic E-state index is 11.5. The van der Waals surface area contributed by atoms with Gasteiger partial charge >= 0.3 is 0 Å². The summed E-state index contributed by atoms with van der Waals surface area (Å²) in [6.45, 7) is 0.959. The monoisotopic (exact) mass is 315 g/mol. The summed E-state index contributed by atoms with van der Waals surface area (Å²) in [5.74, 6) is 1.85. The molecule has 1 heterocycles. The smallest absolute Gasteiger partial charge is 0.220 e. The maximum Gasteiger partial charge on any atom is 0.220 e. The zero-order valence-corrected chi connectivity index (χ0v) is 13.1. The fraction of sp³-hybridized carbons (Fsp3) is 0.294. The van der Waals surface area contributed by atoms with Gasteiger partial charge in [0.15, 0.2) is 0 Å². The van der Waals surface area contributed by atoms with Crippen LogP contribution >= 0.6 is 0 Å². The maximum absolute atomic E-state index is 11.5. The number of nitrogens with two attached hydrogens (primary N) is 1. The van der Waals surface area contributed by atoms with Gasteiger partial charge < -0.3 is 20.5 Å². The van der Waals surface area contributed by atoms with Crippen molar-refractivity contribution in [3.63, 3.8) is 0 Å². The number of benzene rings is 1. The van der Waals surface area contributed by atoms with E-state index in [0.717, 1.165) is 11.3 Å². The van der Waals surface area contributed by atoms with Gasteiger partial charge in [0.05, 0.1) is 7.11 Å². The molecule has 0 radical (unpaired) electrons. The van der Waals surface area contributed by atoms with E-state index in [1.54, 1.807) is 25.4 Å². The molecule has 0 saturated heterocycles. The lowest BCUT2D eigenvalue weighted by Gasteiger charge is -2.08. The first kappa shape index (κ1) is 16.8. The van der Waals surface area contributed by atoms with Gasteiger partial charge in [-0.2, -0.15) is 0 Å². The van der Waals surface area contributed by atoms with Gasteiger partial charge in [-0.3, -0.25) is 4.79 Å². The number of hydrogen-bond donors (Lipinski definition) is 2. The number of methoxy groups -OCH3 is 1. The highest BCUT2D eigenvalue weighted by Crippen LogP contribution is 2.23. The quantitative estimate of drug-likeness (QED) is 0.780. The van der Waals surface area contributed by atoms with Crippen molar-refractivity contribution in [1.82, 2.24) is 10.3 Å². The van der Waals surface area contributed by atoms with Crippen molar-refractivity contribution >= 4 is 5.91 Å². The number of ether oxygens (including phenoxy) is 2. The molecule has 0 aliphatic heterocycles. The Bertz CT molecular complexity index is 629. The number of pyridine rings is 1. The third kappa shape index (κ3) is 5.60. The van der Waals surface area contributed by atoms with E-state index in [1.807, 2.05) is 24.3 Å². The molecule has 0 aliphatic rings. The summed E-state index contributed by atoms with van der Waals surface area (Å²) < 4.78 is 10.8. The van der Waals surface area contributed by atoms with E-state index in [9.17, 15) is 4.79 Å². The van der Waals surface area contributed by atoms with Crippen molar-refractivity contribution in [1.29, 1.82) is 0 Å². The molecular weight excluding hydrogens is 294 g/mol. The lowest BCUT2D eigenvalue weighted by atomic mass is 10.2. The first-order valence-electron chi connectivity index (χ1n) is 7.45. The van der Waals surface area contributed by atoms with E-state index in [1.165, 1.54) is 0 Å². The fourth-order valence-corrected chi connectivity index (χ4v) is 1.91. The Morgan fingerprint density at radius 3 is 2.78 bits per heavy atom. The van der Waals surface area contributed by atoms with E-state index in [0.29, 0.717) is 37.6 Å². The van der Waals surface area contributed by atoms with Crippen molar-refractivity contribution in [2.45, 2.75) is 19.4 Å². The Morgan fingerprint density at radius 1 is 1.26 bits per heavy atom. The summed E-state index contributed by atoms with van der Waals surface area (Å²) in [4.78, 5) is 15.8. The zero-order chi connectivity index (χ0) is 16.5. The minimum Gasteiger partial charge on any atom is -0.497 e. The van der Waals surface area contributed by atoms with Crippen LogP contribution in [-0.4, -0.2) is 24.5 Å².